The molecule has 122 valence electrons. The van der Waals surface area contributed by atoms with Gasteiger partial charge in [0.25, 0.3) is 0 Å². The smallest absolute Gasteiger partial charge is 0.374 e. The minimum atomic E-state index is -4.80. The zero-order chi connectivity index (χ0) is 16.4. The molecule has 0 amide bonds. The Morgan fingerprint density at radius 1 is 1.32 bits per heavy atom. The van der Waals surface area contributed by atoms with E-state index in [9.17, 15) is 18.3 Å². The van der Waals surface area contributed by atoms with Gasteiger partial charge in [0.15, 0.2) is 0 Å². The standard InChI is InChI=1S/C13H18F3N5O/c1-20-6-5-18-11(20)12(22,13(14,15)16)3-4-17-7-10-8-19-21(2)9-10/h5-6,8-9,17,22H,3-4,7H2,1-2H3. The first-order valence-corrected chi connectivity index (χ1v) is 6.69. The fourth-order valence-corrected chi connectivity index (χ4v) is 2.21. The van der Waals surface area contributed by atoms with E-state index in [0.29, 0.717) is 6.54 Å². The number of aliphatic hydroxyl groups is 1. The van der Waals surface area contributed by atoms with E-state index in [0.717, 1.165) is 5.56 Å². The van der Waals surface area contributed by atoms with Crippen molar-refractivity contribution >= 4 is 0 Å². The Morgan fingerprint density at radius 3 is 2.55 bits per heavy atom. The van der Waals surface area contributed by atoms with E-state index in [2.05, 4.69) is 15.4 Å². The average Bonchev–Trinajstić information content (AvgIpc) is 3.02. The second-order valence-corrected chi connectivity index (χ2v) is 5.17. The molecule has 2 N–H and O–H groups in total. The summed E-state index contributed by atoms with van der Waals surface area (Å²) in [6.07, 6.45) is 0.664. The van der Waals surface area contributed by atoms with Crippen molar-refractivity contribution in [3.63, 3.8) is 0 Å². The van der Waals surface area contributed by atoms with E-state index >= 15 is 0 Å². The Morgan fingerprint density at radius 2 is 2.05 bits per heavy atom. The molecule has 1 unspecified atom stereocenters. The first-order valence-electron chi connectivity index (χ1n) is 6.69. The number of rotatable bonds is 6. The molecular formula is C13H18F3N5O. The van der Waals surface area contributed by atoms with Crippen LogP contribution in [0.1, 0.15) is 17.8 Å². The van der Waals surface area contributed by atoms with Crippen LogP contribution in [0.15, 0.2) is 24.8 Å². The highest BCUT2D eigenvalue weighted by Crippen LogP contribution is 2.40. The summed E-state index contributed by atoms with van der Waals surface area (Å²) in [5.74, 6) is -0.414. The summed E-state index contributed by atoms with van der Waals surface area (Å²) in [6.45, 7) is 0.361. The first-order chi connectivity index (χ1) is 10.2. The number of hydrogen-bond acceptors (Lipinski definition) is 4. The van der Waals surface area contributed by atoms with Gasteiger partial charge in [0.05, 0.1) is 6.20 Å². The summed E-state index contributed by atoms with van der Waals surface area (Å²) in [7, 11) is 3.18. The van der Waals surface area contributed by atoms with Gasteiger partial charge in [0.2, 0.25) is 5.60 Å². The Labute approximate surface area is 125 Å². The number of aromatic nitrogens is 4. The predicted molar refractivity (Wildman–Crippen MR) is 72.7 cm³/mol. The van der Waals surface area contributed by atoms with E-state index in [1.807, 2.05) is 0 Å². The molecule has 2 rings (SSSR count). The Kier molecular flexibility index (Phi) is 4.57. The lowest BCUT2D eigenvalue weighted by molar-refractivity contribution is -0.272. The molecule has 0 saturated heterocycles. The van der Waals surface area contributed by atoms with Gasteiger partial charge in [0, 0.05) is 51.2 Å². The van der Waals surface area contributed by atoms with Crippen LogP contribution in [0.2, 0.25) is 0 Å². The summed E-state index contributed by atoms with van der Waals surface area (Å²) in [6, 6.07) is 0. The molecule has 0 aliphatic heterocycles. The van der Waals surface area contributed by atoms with E-state index in [-0.39, 0.29) is 6.54 Å². The quantitative estimate of drug-likeness (QED) is 0.783. The molecule has 6 nitrogen and oxygen atoms in total. The number of aryl methyl sites for hydroxylation is 2. The number of nitrogens with one attached hydrogen (secondary N) is 1. The van der Waals surface area contributed by atoms with Crippen LogP contribution in [0.3, 0.4) is 0 Å². The molecule has 0 aromatic carbocycles. The molecule has 1 atom stereocenters. The minimum absolute atomic E-state index is 0.0161. The van der Waals surface area contributed by atoms with Crippen molar-refractivity contribution in [3.8, 4) is 0 Å². The van der Waals surface area contributed by atoms with Crippen LogP contribution in [-0.4, -0.2) is 37.2 Å². The second kappa shape index (κ2) is 6.09. The van der Waals surface area contributed by atoms with Gasteiger partial charge in [-0.2, -0.15) is 18.3 Å². The van der Waals surface area contributed by atoms with E-state index in [1.54, 1.807) is 24.1 Å². The molecule has 0 aliphatic rings. The van der Waals surface area contributed by atoms with E-state index < -0.39 is 24.0 Å². The van der Waals surface area contributed by atoms with Crippen molar-refractivity contribution in [2.24, 2.45) is 14.1 Å². The molecule has 9 heteroatoms. The van der Waals surface area contributed by atoms with Crippen molar-refractivity contribution in [3.05, 3.63) is 36.2 Å². The van der Waals surface area contributed by atoms with E-state index in [1.165, 1.54) is 24.0 Å². The lowest BCUT2D eigenvalue weighted by Crippen LogP contribution is -2.46. The minimum Gasteiger partial charge on any atom is -0.374 e. The molecule has 22 heavy (non-hydrogen) atoms. The highest BCUT2D eigenvalue weighted by Gasteiger charge is 2.56. The SMILES string of the molecule is Cn1cc(CNCCC(O)(c2nccn2C)C(F)(F)F)cn1. The lowest BCUT2D eigenvalue weighted by atomic mass is 9.97. The van der Waals surface area contributed by atoms with Gasteiger partial charge in [-0.3, -0.25) is 4.68 Å². The number of hydrogen-bond donors (Lipinski definition) is 2. The van der Waals surface area contributed by atoms with Gasteiger partial charge in [-0.1, -0.05) is 0 Å². The summed E-state index contributed by atoms with van der Waals surface area (Å²) in [5.41, 5.74) is -2.12. The first kappa shape index (κ1) is 16.5. The molecule has 2 heterocycles. The monoisotopic (exact) mass is 317 g/mol. The number of imidazole rings is 1. The van der Waals surface area contributed by atoms with Crippen LogP contribution in [-0.2, 0) is 26.2 Å². The second-order valence-electron chi connectivity index (χ2n) is 5.17. The summed E-state index contributed by atoms with van der Waals surface area (Å²) in [4.78, 5) is 3.65. The molecule has 0 saturated carbocycles. The van der Waals surface area contributed by atoms with Gasteiger partial charge < -0.3 is 15.0 Å². The molecular weight excluding hydrogens is 299 g/mol. The Bertz CT molecular complexity index is 621. The summed E-state index contributed by atoms with van der Waals surface area (Å²) >= 11 is 0. The van der Waals surface area contributed by atoms with Crippen LogP contribution >= 0.6 is 0 Å². The maximum absolute atomic E-state index is 13.3. The topological polar surface area (TPSA) is 67.9 Å². The molecule has 2 aromatic heterocycles. The third-order valence-corrected chi connectivity index (χ3v) is 3.41. The fourth-order valence-electron chi connectivity index (χ4n) is 2.21. The predicted octanol–water partition coefficient (Wildman–Crippen LogP) is 1.08. The van der Waals surface area contributed by atoms with Gasteiger partial charge in [-0.05, 0) is 6.54 Å². The van der Waals surface area contributed by atoms with Gasteiger partial charge >= 0.3 is 6.18 Å². The van der Waals surface area contributed by atoms with Crippen LogP contribution in [0.4, 0.5) is 13.2 Å². The normalized spacial score (nSPS) is 15.0. The van der Waals surface area contributed by atoms with Crippen molar-refractivity contribution in [1.82, 2.24) is 24.6 Å². The average molecular weight is 317 g/mol. The molecule has 0 radical (unpaired) electrons. The third kappa shape index (κ3) is 3.30. The van der Waals surface area contributed by atoms with Crippen LogP contribution < -0.4 is 5.32 Å². The maximum atomic E-state index is 13.3. The van der Waals surface area contributed by atoms with Crippen LogP contribution in [0.25, 0.3) is 0 Å². The van der Waals surface area contributed by atoms with Gasteiger partial charge in [0.1, 0.15) is 5.82 Å². The number of alkyl halides is 3. The largest absolute Gasteiger partial charge is 0.424 e. The fraction of sp³-hybridized carbons (Fsp3) is 0.538. The van der Waals surface area contributed by atoms with Crippen molar-refractivity contribution in [2.75, 3.05) is 6.54 Å². The molecule has 0 spiro atoms. The zero-order valence-electron chi connectivity index (χ0n) is 12.3. The van der Waals surface area contributed by atoms with Crippen LogP contribution in [0.5, 0.6) is 0 Å². The Hall–Kier alpha value is -1.87. The third-order valence-electron chi connectivity index (χ3n) is 3.41. The van der Waals surface area contributed by atoms with Crippen molar-refractivity contribution < 1.29 is 18.3 Å². The van der Waals surface area contributed by atoms with Gasteiger partial charge in [-0.15, -0.1) is 0 Å². The summed E-state index contributed by atoms with van der Waals surface area (Å²) < 4.78 is 42.6. The number of halogens is 3. The maximum Gasteiger partial charge on any atom is 0.424 e. The van der Waals surface area contributed by atoms with E-state index in [4.69, 9.17) is 0 Å². The molecule has 2 aromatic rings. The van der Waals surface area contributed by atoms with Crippen molar-refractivity contribution in [2.45, 2.75) is 24.7 Å². The zero-order valence-corrected chi connectivity index (χ0v) is 12.3. The lowest BCUT2D eigenvalue weighted by Gasteiger charge is -2.30. The van der Waals surface area contributed by atoms with Gasteiger partial charge in [-0.25, -0.2) is 4.98 Å². The Balaban J connectivity index is 2.01. The molecule has 0 bridgehead atoms. The molecule has 0 aliphatic carbocycles. The van der Waals surface area contributed by atoms with Crippen molar-refractivity contribution in [1.29, 1.82) is 0 Å². The highest BCUT2D eigenvalue weighted by atomic mass is 19.4. The number of nitrogens with zero attached hydrogens (tertiary/aromatic N) is 4. The summed E-state index contributed by atoms with van der Waals surface area (Å²) in [5, 5.41) is 17.0. The highest BCUT2D eigenvalue weighted by molar-refractivity contribution is 5.09. The molecule has 0 fully saturated rings. The van der Waals surface area contributed by atoms with Crippen LogP contribution in [0, 0.1) is 0 Å².